The van der Waals surface area contributed by atoms with Gasteiger partial charge in [-0.25, -0.2) is 4.68 Å². The van der Waals surface area contributed by atoms with Gasteiger partial charge in [-0.2, -0.15) is 10.4 Å². The van der Waals surface area contributed by atoms with E-state index in [2.05, 4.69) is 31.9 Å². The van der Waals surface area contributed by atoms with Crippen molar-refractivity contribution in [2.45, 2.75) is 33.1 Å². The molecule has 4 nitrogen and oxygen atoms in total. The highest BCUT2D eigenvalue weighted by molar-refractivity contribution is 5.44. The maximum atomic E-state index is 9.16. The molecule has 1 aromatic carbocycles. The fraction of sp³-hybridized carbons (Fsp3) is 0.375. The molecular weight excluding hydrogens is 250 g/mol. The van der Waals surface area contributed by atoms with Gasteiger partial charge in [0.1, 0.15) is 17.4 Å². The van der Waals surface area contributed by atoms with E-state index in [1.807, 2.05) is 24.3 Å². The summed E-state index contributed by atoms with van der Waals surface area (Å²) in [6.45, 7) is 8.30. The number of benzene rings is 1. The van der Waals surface area contributed by atoms with E-state index in [9.17, 15) is 0 Å². The number of nitriles is 1. The van der Waals surface area contributed by atoms with Gasteiger partial charge in [-0.05, 0) is 30.0 Å². The van der Waals surface area contributed by atoms with Crippen molar-refractivity contribution in [3.8, 4) is 17.7 Å². The van der Waals surface area contributed by atoms with E-state index in [4.69, 9.17) is 10.00 Å². The predicted molar refractivity (Wildman–Crippen MR) is 77.9 cm³/mol. The largest absolute Gasteiger partial charge is 0.438 e. The van der Waals surface area contributed by atoms with Crippen LogP contribution < -0.4 is 4.74 Å². The van der Waals surface area contributed by atoms with Crippen LogP contribution in [0.5, 0.6) is 11.6 Å². The average molecular weight is 269 g/mol. The first-order chi connectivity index (χ1) is 9.32. The molecule has 2 aromatic rings. The van der Waals surface area contributed by atoms with Crippen LogP contribution in [0.4, 0.5) is 0 Å². The summed E-state index contributed by atoms with van der Waals surface area (Å²) in [5.74, 6) is 1.19. The summed E-state index contributed by atoms with van der Waals surface area (Å²) >= 11 is 0. The molecule has 0 saturated carbocycles. The molecule has 0 N–H and O–H groups in total. The molecule has 1 heterocycles. The minimum Gasteiger partial charge on any atom is -0.438 e. The van der Waals surface area contributed by atoms with Gasteiger partial charge in [0.05, 0.1) is 5.69 Å². The van der Waals surface area contributed by atoms with Gasteiger partial charge in [0, 0.05) is 7.05 Å². The van der Waals surface area contributed by atoms with Crippen LogP contribution in [0.25, 0.3) is 0 Å². The van der Waals surface area contributed by atoms with Crippen molar-refractivity contribution in [3.63, 3.8) is 0 Å². The van der Waals surface area contributed by atoms with Crippen molar-refractivity contribution in [1.29, 1.82) is 5.26 Å². The van der Waals surface area contributed by atoms with E-state index in [1.54, 1.807) is 18.7 Å². The lowest BCUT2D eigenvalue weighted by Gasteiger charge is -2.19. The second-order valence-corrected chi connectivity index (χ2v) is 5.88. The molecular formula is C16H19N3O. The quantitative estimate of drug-likeness (QED) is 0.835. The van der Waals surface area contributed by atoms with Crippen LogP contribution in [-0.4, -0.2) is 9.78 Å². The minimum absolute atomic E-state index is 0.111. The van der Waals surface area contributed by atoms with Crippen LogP contribution in [0.3, 0.4) is 0 Å². The average Bonchev–Trinajstić information content (AvgIpc) is 2.63. The molecule has 0 aliphatic rings. The Balaban J connectivity index is 2.30. The summed E-state index contributed by atoms with van der Waals surface area (Å²) in [5, 5.41) is 13.4. The third kappa shape index (κ3) is 2.67. The standard InChI is InChI=1S/C16H19N3O/c1-11-14(10-17)15(19(5)18-11)20-13-8-6-12(7-9-13)16(2,3)4/h6-9H,1-5H3. The van der Waals surface area contributed by atoms with Crippen molar-refractivity contribution in [1.82, 2.24) is 9.78 Å². The predicted octanol–water partition coefficient (Wildman–Crippen LogP) is 3.69. The number of nitrogens with zero attached hydrogens (tertiary/aromatic N) is 3. The fourth-order valence-electron chi connectivity index (χ4n) is 2.02. The maximum absolute atomic E-state index is 9.16. The second kappa shape index (κ2) is 5.01. The van der Waals surface area contributed by atoms with Crippen LogP contribution in [0.1, 0.15) is 37.6 Å². The Hall–Kier alpha value is -2.28. The van der Waals surface area contributed by atoms with E-state index in [1.165, 1.54) is 5.56 Å². The zero-order chi connectivity index (χ0) is 14.9. The first kappa shape index (κ1) is 14.1. The molecule has 0 spiro atoms. The lowest BCUT2D eigenvalue weighted by molar-refractivity contribution is 0.429. The summed E-state index contributed by atoms with van der Waals surface area (Å²) in [7, 11) is 1.77. The zero-order valence-electron chi connectivity index (χ0n) is 12.6. The summed E-state index contributed by atoms with van der Waals surface area (Å²) < 4.78 is 7.39. The summed E-state index contributed by atoms with van der Waals surface area (Å²) in [6, 6.07) is 10.1. The fourth-order valence-corrected chi connectivity index (χ4v) is 2.02. The molecule has 0 fully saturated rings. The van der Waals surface area contributed by atoms with Gasteiger partial charge in [0.2, 0.25) is 5.88 Å². The van der Waals surface area contributed by atoms with Gasteiger partial charge in [-0.3, -0.25) is 0 Å². The Morgan fingerprint density at radius 2 is 1.80 bits per heavy atom. The number of aryl methyl sites for hydroxylation is 2. The highest BCUT2D eigenvalue weighted by Crippen LogP contribution is 2.29. The Morgan fingerprint density at radius 3 is 2.30 bits per heavy atom. The lowest BCUT2D eigenvalue weighted by Crippen LogP contribution is -2.10. The molecule has 0 atom stereocenters. The number of hydrogen-bond donors (Lipinski definition) is 0. The van der Waals surface area contributed by atoms with E-state index in [0.717, 1.165) is 0 Å². The van der Waals surface area contributed by atoms with Crippen LogP contribution >= 0.6 is 0 Å². The van der Waals surface area contributed by atoms with Gasteiger partial charge in [-0.15, -0.1) is 0 Å². The molecule has 1 aromatic heterocycles. The highest BCUT2D eigenvalue weighted by atomic mass is 16.5. The van der Waals surface area contributed by atoms with E-state index in [0.29, 0.717) is 22.9 Å². The molecule has 0 aliphatic heterocycles. The van der Waals surface area contributed by atoms with Crippen LogP contribution in [0.15, 0.2) is 24.3 Å². The van der Waals surface area contributed by atoms with Gasteiger partial charge in [0.15, 0.2) is 0 Å². The third-order valence-electron chi connectivity index (χ3n) is 3.22. The van der Waals surface area contributed by atoms with E-state index >= 15 is 0 Å². The lowest BCUT2D eigenvalue weighted by atomic mass is 9.87. The summed E-state index contributed by atoms with van der Waals surface area (Å²) in [4.78, 5) is 0. The van der Waals surface area contributed by atoms with Crippen molar-refractivity contribution in [3.05, 3.63) is 41.1 Å². The molecule has 0 bridgehead atoms. The normalized spacial score (nSPS) is 11.2. The van der Waals surface area contributed by atoms with Crippen LogP contribution in [0.2, 0.25) is 0 Å². The first-order valence-electron chi connectivity index (χ1n) is 6.55. The van der Waals surface area contributed by atoms with E-state index in [-0.39, 0.29) is 5.41 Å². The Bertz CT molecular complexity index is 655. The Kier molecular flexibility index (Phi) is 3.54. The van der Waals surface area contributed by atoms with Crippen LogP contribution in [0, 0.1) is 18.3 Å². The van der Waals surface area contributed by atoms with Crippen molar-refractivity contribution in [2.24, 2.45) is 7.05 Å². The smallest absolute Gasteiger partial charge is 0.235 e. The molecule has 0 amide bonds. The molecule has 0 radical (unpaired) electrons. The summed E-state index contributed by atoms with van der Waals surface area (Å²) in [6.07, 6.45) is 0. The minimum atomic E-state index is 0.111. The molecule has 4 heteroatoms. The van der Waals surface area contributed by atoms with Gasteiger partial charge >= 0.3 is 0 Å². The molecule has 0 aliphatic carbocycles. The van der Waals surface area contributed by atoms with Crippen molar-refractivity contribution < 1.29 is 4.74 Å². The zero-order valence-corrected chi connectivity index (χ0v) is 12.6. The summed E-state index contributed by atoms with van der Waals surface area (Å²) in [5.41, 5.74) is 2.51. The molecule has 2 rings (SSSR count). The topological polar surface area (TPSA) is 50.8 Å². The highest BCUT2D eigenvalue weighted by Gasteiger charge is 2.16. The van der Waals surface area contributed by atoms with Crippen molar-refractivity contribution in [2.75, 3.05) is 0 Å². The second-order valence-electron chi connectivity index (χ2n) is 5.88. The first-order valence-corrected chi connectivity index (χ1v) is 6.55. The monoisotopic (exact) mass is 269 g/mol. The number of ether oxygens (including phenoxy) is 1. The van der Waals surface area contributed by atoms with Crippen molar-refractivity contribution >= 4 is 0 Å². The van der Waals surface area contributed by atoms with Gasteiger partial charge < -0.3 is 4.74 Å². The number of aromatic nitrogens is 2. The van der Waals surface area contributed by atoms with Crippen LogP contribution in [-0.2, 0) is 12.5 Å². The number of hydrogen-bond acceptors (Lipinski definition) is 3. The molecule has 0 saturated heterocycles. The van der Waals surface area contributed by atoms with Gasteiger partial charge in [0.25, 0.3) is 0 Å². The maximum Gasteiger partial charge on any atom is 0.235 e. The molecule has 104 valence electrons. The van der Waals surface area contributed by atoms with Gasteiger partial charge in [-0.1, -0.05) is 32.9 Å². The molecule has 20 heavy (non-hydrogen) atoms. The Labute approximate surface area is 119 Å². The number of rotatable bonds is 2. The Morgan fingerprint density at radius 1 is 1.20 bits per heavy atom. The van der Waals surface area contributed by atoms with E-state index < -0.39 is 0 Å². The third-order valence-corrected chi connectivity index (χ3v) is 3.22. The SMILES string of the molecule is Cc1nn(C)c(Oc2ccc(C(C)(C)C)cc2)c1C#N. The molecule has 0 unspecified atom stereocenters.